The predicted molar refractivity (Wildman–Crippen MR) is 107 cm³/mol. The molecule has 0 aromatic heterocycles. The molecule has 1 aliphatic carbocycles. The minimum Gasteiger partial charge on any atom is -0.373 e. The van der Waals surface area contributed by atoms with Crippen LogP contribution in [0.5, 0.6) is 0 Å². The lowest BCUT2D eigenvalue weighted by atomic mass is 9.86. The summed E-state index contributed by atoms with van der Waals surface area (Å²) in [6.07, 6.45) is 0. The van der Waals surface area contributed by atoms with E-state index in [1.807, 2.05) is 24.3 Å². The molecule has 0 amide bonds. The van der Waals surface area contributed by atoms with Crippen molar-refractivity contribution >= 4 is 69.7 Å². The topological polar surface area (TPSA) is 58.2 Å². The van der Waals surface area contributed by atoms with E-state index >= 15 is 0 Å². The summed E-state index contributed by atoms with van der Waals surface area (Å²) in [6, 6.07) is 9.86. The van der Waals surface area contributed by atoms with Crippen molar-refractivity contribution in [1.29, 1.82) is 0 Å². The van der Waals surface area contributed by atoms with E-state index in [0.717, 1.165) is 21.2 Å². The van der Waals surface area contributed by atoms with Crippen LogP contribution >= 0.6 is 46.7 Å². The van der Waals surface area contributed by atoms with Crippen molar-refractivity contribution in [2.75, 3.05) is 10.6 Å². The number of halogens is 2. The molecule has 2 aromatic rings. The first-order valence-electron chi connectivity index (χ1n) is 8.04. The van der Waals surface area contributed by atoms with Crippen LogP contribution in [0.15, 0.2) is 46.2 Å². The van der Waals surface area contributed by atoms with Crippen LogP contribution in [0.3, 0.4) is 0 Å². The third kappa shape index (κ3) is 2.54. The maximum absolute atomic E-state index is 13.2. The van der Waals surface area contributed by atoms with Gasteiger partial charge in [0.25, 0.3) is 0 Å². The summed E-state index contributed by atoms with van der Waals surface area (Å²) in [7, 11) is 0. The Morgan fingerprint density at radius 1 is 0.731 bits per heavy atom. The summed E-state index contributed by atoms with van der Waals surface area (Å²) in [6.45, 7) is 0. The van der Waals surface area contributed by atoms with Crippen molar-refractivity contribution in [2.24, 2.45) is 0 Å². The number of ketones is 2. The van der Waals surface area contributed by atoms with Gasteiger partial charge in [0.1, 0.15) is 12.1 Å². The van der Waals surface area contributed by atoms with E-state index in [1.165, 1.54) is 23.5 Å². The van der Waals surface area contributed by atoms with Crippen LogP contribution in [-0.4, -0.2) is 34.2 Å². The Hall–Kier alpha value is -1.34. The maximum atomic E-state index is 13.2. The zero-order valence-electron chi connectivity index (χ0n) is 13.2. The van der Waals surface area contributed by atoms with Crippen molar-refractivity contribution < 1.29 is 9.59 Å². The molecule has 0 spiro atoms. The lowest BCUT2D eigenvalue weighted by Gasteiger charge is -2.44. The number of thioether (sulfide) groups is 2. The second-order valence-corrected chi connectivity index (χ2v) is 9.65. The summed E-state index contributed by atoms with van der Waals surface area (Å²) in [5, 5.41) is 6.82. The predicted octanol–water partition coefficient (Wildman–Crippen LogP) is 4.36. The second kappa shape index (κ2) is 6.09. The average Bonchev–Trinajstić information content (AvgIpc) is 2.63. The van der Waals surface area contributed by atoms with Gasteiger partial charge in [0.15, 0.2) is 11.6 Å². The van der Waals surface area contributed by atoms with Crippen LogP contribution in [0.1, 0.15) is 0 Å². The number of nitrogens with one attached hydrogen (secondary N) is 2. The lowest BCUT2D eigenvalue weighted by molar-refractivity contribution is -0.129. The van der Waals surface area contributed by atoms with E-state index in [-0.39, 0.29) is 11.6 Å². The number of carbonyl (C=O) groups excluding carboxylic acids is 2. The van der Waals surface area contributed by atoms with Crippen LogP contribution < -0.4 is 10.6 Å². The van der Waals surface area contributed by atoms with Gasteiger partial charge in [-0.15, -0.1) is 23.5 Å². The lowest BCUT2D eigenvalue weighted by Crippen LogP contribution is -2.63. The molecule has 5 rings (SSSR count). The largest absolute Gasteiger partial charge is 0.373 e. The van der Waals surface area contributed by atoms with E-state index < -0.39 is 22.6 Å². The third-order valence-electron chi connectivity index (χ3n) is 4.80. The third-order valence-corrected chi connectivity index (χ3v) is 7.97. The number of fused-ring (bicyclic) bond motifs is 4. The normalized spacial score (nSPS) is 28.8. The molecular weight excluding hydrogens is 411 g/mol. The first-order chi connectivity index (χ1) is 12.5. The highest BCUT2D eigenvalue weighted by atomic mass is 35.5. The fourth-order valence-corrected chi connectivity index (χ4v) is 6.68. The molecule has 26 heavy (non-hydrogen) atoms. The number of Topliss-reactive ketones (excluding diaryl/α,β-unsaturated/α-hetero) is 2. The highest BCUT2D eigenvalue weighted by Gasteiger charge is 2.53. The number of carbonyl (C=O) groups is 2. The van der Waals surface area contributed by atoms with Crippen LogP contribution in [0, 0.1) is 0 Å². The van der Waals surface area contributed by atoms with Crippen LogP contribution in [0.2, 0.25) is 10.0 Å². The highest BCUT2D eigenvalue weighted by molar-refractivity contribution is 8.01. The fraction of sp³-hybridized carbons (Fsp3) is 0.222. The van der Waals surface area contributed by atoms with E-state index in [1.54, 1.807) is 12.1 Å². The molecule has 2 N–H and O–H groups in total. The van der Waals surface area contributed by atoms with E-state index in [0.29, 0.717) is 10.0 Å². The number of hydrogen-bond donors (Lipinski definition) is 2. The monoisotopic (exact) mass is 422 g/mol. The summed E-state index contributed by atoms with van der Waals surface area (Å²) in [5.41, 5.74) is 1.69. The van der Waals surface area contributed by atoms with E-state index in [9.17, 15) is 9.59 Å². The van der Waals surface area contributed by atoms with E-state index in [4.69, 9.17) is 23.2 Å². The second-order valence-electron chi connectivity index (χ2n) is 6.41. The average molecular weight is 423 g/mol. The van der Waals surface area contributed by atoms with Gasteiger partial charge in [-0.05, 0) is 36.4 Å². The first-order valence-corrected chi connectivity index (χ1v) is 10.6. The van der Waals surface area contributed by atoms with Crippen molar-refractivity contribution in [1.82, 2.24) is 0 Å². The van der Waals surface area contributed by atoms with Crippen molar-refractivity contribution in [3.63, 3.8) is 0 Å². The molecular formula is C18H12Cl2N2O2S2. The fourth-order valence-electron chi connectivity index (χ4n) is 3.56. The van der Waals surface area contributed by atoms with Gasteiger partial charge in [0.2, 0.25) is 0 Å². The molecule has 2 aliphatic heterocycles. The highest BCUT2D eigenvalue weighted by Crippen LogP contribution is 2.48. The molecule has 132 valence electrons. The summed E-state index contributed by atoms with van der Waals surface area (Å²) >= 11 is 15.0. The molecule has 2 aromatic carbocycles. The molecule has 1 saturated carbocycles. The minimum absolute atomic E-state index is 0.0378. The summed E-state index contributed by atoms with van der Waals surface area (Å²) in [4.78, 5) is 28.1. The molecule has 0 bridgehead atoms. The number of rotatable bonds is 0. The Bertz CT molecular complexity index is 891. The maximum Gasteiger partial charge on any atom is 0.172 e. The first kappa shape index (κ1) is 16.8. The molecule has 0 saturated heterocycles. The molecule has 4 atom stereocenters. The van der Waals surface area contributed by atoms with Crippen molar-refractivity contribution in [3.05, 3.63) is 46.4 Å². The van der Waals surface area contributed by atoms with Gasteiger partial charge < -0.3 is 10.6 Å². The van der Waals surface area contributed by atoms with Gasteiger partial charge in [-0.1, -0.05) is 23.2 Å². The number of anilines is 2. The smallest absolute Gasteiger partial charge is 0.172 e. The van der Waals surface area contributed by atoms with Gasteiger partial charge in [-0.3, -0.25) is 9.59 Å². The van der Waals surface area contributed by atoms with Crippen LogP contribution in [-0.2, 0) is 9.59 Å². The zero-order chi connectivity index (χ0) is 18.0. The zero-order valence-corrected chi connectivity index (χ0v) is 16.3. The van der Waals surface area contributed by atoms with Gasteiger partial charge >= 0.3 is 0 Å². The Morgan fingerprint density at radius 3 is 1.58 bits per heavy atom. The van der Waals surface area contributed by atoms with E-state index in [2.05, 4.69) is 10.6 Å². The summed E-state index contributed by atoms with van der Waals surface area (Å²) in [5.74, 6) is 0.0756. The van der Waals surface area contributed by atoms with Gasteiger partial charge in [-0.2, -0.15) is 0 Å². The minimum atomic E-state index is -0.530. The molecule has 4 nitrogen and oxygen atoms in total. The quantitative estimate of drug-likeness (QED) is 0.657. The van der Waals surface area contributed by atoms with Crippen molar-refractivity contribution in [2.45, 2.75) is 32.4 Å². The number of benzene rings is 2. The standard InChI is InChI=1S/C18H12Cl2N2O2S2/c19-7-1-3-9-11(5-7)25-17-13(21-9)15(23)18-14(16(17)24)22-10-4-2-8(20)6-12(10)26-18/h1-6,13-14,17-18,21-22H. The molecule has 8 heteroatoms. The molecule has 0 radical (unpaired) electrons. The molecule has 3 aliphatic rings. The van der Waals surface area contributed by atoms with Crippen LogP contribution in [0.4, 0.5) is 11.4 Å². The molecule has 2 heterocycles. The number of hydrogen-bond acceptors (Lipinski definition) is 6. The van der Waals surface area contributed by atoms with Crippen LogP contribution in [0.25, 0.3) is 0 Å². The Balaban J connectivity index is 1.53. The van der Waals surface area contributed by atoms with Crippen molar-refractivity contribution in [3.8, 4) is 0 Å². The Morgan fingerprint density at radius 2 is 1.15 bits per heavy atom. The SMILES string of the molecule is O=C1C2Nc3ccc(Cl)cc3SC2C(=O)C2Nc3ccc(Cl)cc3SC12. The summed E-state index contributed by atoms with van der Waals surface area (Å²) < 4.78 is 0. The van der Waals surface area contributed by atoms with Gasteiger partial charge in [-0.25, -0.2) is 0 Å². The Kier molecular flexibility index (Phi) is 3.94. The Labute approximate surface area is 168 Å². The van der Waals surface area contributed by atoms with Gasteiger partial charge in [0.05, 0.1) is 10.5 Å². The van der Waals surface area contributed by atoms with Gasteiger partial charge in [0, 0.05) is 31.2 Å². The molecule has 4 unspecified atom stereocenters. The molecule has 1 fully saturated rings.